The number of carbonyl (C=O) groups is 1. The summed E-state index contributed by atoms with van der Waals surface area (Å²) >= 11 is 0. The maximum atomic E-state index is 12.9. The highest BCUT2D eigenvalue weighted by molar-refractivity contribution is 5.96. The van der Waals surface area contributed by atoms with Gasteiger partial charge in [-0.05, 0) is 25.0 Å². The summed E-state index contributed by atoms with van der Waals surface area (Å²) in [6.07, 6.45) is 5.70. The average Bonchev–Trinajstić information content (AvgIpc) is 3.14. The molecule has 25 heavy (non-hydrogen) atoms. The number of aromatic nitrogens is 2. The molecule has 1 fully saturated rings. The van der Waals surface area contributed by atoms with Crippen LogP contribution in [0.15, 0.2) is 36.7 Å². The molecule has 0 spiro atoms. The molecule has 1 aromatic carbocycles. The van der Waals surface area contributed by atoms with Crippen molar-refractivity contribution in [3.8, 4) is 6.07 Å². The van der Waals surface area contributed by atoms with Crippen LogP contribution in [0.4, 0.5) is 0 Å². The van der Waals surface area contributed by atoms with Crippen molar-refractivity contribution < 1.29 is 9.53 Å². The number of hydrogen-bond donors (Lipinski definition) is 0. The summed E-state index contributed by atoms with van der Waals surface area (Å²) in [6.45, 7) is 2.73. The van der Waals surface area contributed by atoms with E-state index in [2.05, 4.69) is 15.6 Å². The molecular weight excluding hydrogens is 316 g/mol. The molecular formula is C19H22N4O2. The van der Waals surface area contributed by atoms with E-state index in [1.165, 1.54) is 0 Å². The van der Waals surface area contributed by atoms with E-state index in [-0.39, 0.29) is 11.8 Å². The minimum absolute atomic E-state index is 0.0724. The van der Waals surface area contributed by atoms with Crippen LogP contribution in [-0.2, 0) is 11.3 Å². The predicted octanol–water partition coefficient (Wildman–Crippen LogP) is 2.42. The molecule has 3 rings (SSSR count). The molecule has 0 bridgehead atoms. The van der Waals surface area contributed by atoms with E-state index < -0.39 is 0 Å². The van der Waals surface area contributed by atoms with Crippen LogP contribution < -0.4 is 0 Å². The molecule has 6 heteroatoms. The van der Waals surface area contributed by atoms with Gasteiger partial charge in [-0.2, -0.15) is 5.26 Å². The van der Waals surface area contributed by atoms with E-state index >= 15 is 0 Å². The number of nitriles is 1. The van der Waals surface area contributed by atoms with Gasteiger partial charge in [0.05, 0.1) is 23.8 Å². The summed E-state index contributed by atoms with van der Waals surface area (Å²) in [5.74, 6) is 1.14. The van der Waals surface area contributed by atoms with Crippen LogP contribution in [0.1, 0.15) is 40.5 Å². The Morgan fingerprint density at radius 2 is 2.28 bits per heavy atom. The fraction of sp³-hybridized carbons (Fsp3) is 0.421. The number of imidazole rings is 1. The number of amides is 1. The number of ether oxygens (including phenoxy) is 1. The van der Waals surface area contributed by atoms with Crippen LogP contribution in [0.25, 0.3) is 0 Å². The lowest BCUT2D eigenvalue weighted by molar-refractivity contribution is 0.0702. The monoisotopic (exact) mass is 338 g/mol. The molecule has 0 unspecified atom stereocenters. The second kappa shape index (κ2) is 7.95. The topological polar surface area (TPSA) is 71.2 Å². The second-order valence-corrected chi connectivity index (χ2v) is 6.22. The molecule has 0 aliphatic carbocycles. The van der Waals surface area contributed by atoms with E-state index in [0.29, 0.717) is 30.8 Å². The highest BCUT2D eigenvalue weighted by Crippen LogP contribution is 2.27. The van der Waals surface area contributed by atoms with Crippen molar-refractivity contribution in [3.63, 3.8) is 0 Å². The third-order valence-corrected chi connectivity index (χ3v) is 4.64. The Hall–Kier alpha value is -2.65. The van der Waals surface area contributed by atoms with E-state index in [1.807, 2.05) is 11.1 Å². The van der Waals surface area contributed by atoms with Crippen LogP contribution in [-0.4, -0.2) is 47.2 Å². The molecule has 130 valence electrons. The van der Waals surface area contributed by atoms with E-state index in [0.717, 1.165) is 25.2 Å². The van der Waals surface area contributed by atoms with Gasteiger partial charge in [0.2, 0.25) is 0 Å². The molecule has 0 saturated carbocycles. The molecule has 1 aromatic heterocycles. The molecule has 6 nitrogen and oxygen atoms in total. The predicted molar refractivity (Wildman–Crippen MR) is 93.1 cm³/mol. The number of methoxy groups -OCH3 is 1. The van der Waals surface area contributed by atoms with Gasteiger partial charge in [-0.15, -0.1) is 0 Å². The van der Waals surface area contributed by atoms with Gasteiger partial charge in [0.25, 0.3) is 5.91 Å². The first-order chi connectivity index (χ1) is 12.2. The normalized spacial score (nSPS) is 17.3. The van der Waals surface area contributed by atoms with Gasteiger partial charge in [-0.3, -0.25) is 4.79 Å². The Morgan fingerprint density at radius 1 is 1.44 bits per heavy atom. The maximum Gasteiger partial charge on any atom is 0.255 e. The van der Waals surface area contributed by atoms with E-state index in [9.17, 15) is 10.1 Å². The number of benzene rings is 1. The number of rotatable bonds is 5. The Kier molecular flexibility index (Phi) is 5.46. The fourth-order valence-electron chi connectivity index (χ4n) is 3.37. The summed E-state index contributed by atoms with van der Waals surface area (Å²) in [7, 11) is 1.68. The van der Waals surface area contributed by atoms with Gasteiger partial charge in [-0.25, -0.2) is 4.98 Å². The van der Waals surface area contributed by atoms with Crippen molar-refractivity contribution in [2.75, 3.05) is 26.8 Å². The highest BCUT2D eigenvalue weighted by Gasteiger charge is 2.28. The molecule has 1 atom stereocenters. The van der Waals surface area contributed by atoms with Crippen LogP contribution in [0.3, 0.4) is 0 Å². The van der Waals surface area contributed by atoms with Crippen LogP contribution in [0.2, 0.25) is 0 Å². The molecule has 0 N–H and O–H groups in total. The number of nitrogens with zero attached hydrogens (tertiary/aromatic N) is 4. The molecule has 2 heterocycles. The lowest BCUT2D eigenvalue weighted by Gasteiger charge is -2.33. The van der Waals surface area contributed by atoms with Gasteiger partial charge in [0.1, 0.15) is 5.82 Å². The SMILES string of the molecule is COCCn1ccnc1[C@H]1CCCN(C(=O)c2ccccc2C#N)C1. The first kappa shape index (κ1) is 17.2. The molecule has 1 aliphatic rings. The number of carbonyl (C=O) groups excluding carboxylic acids is 1. The lowest BCUT2D eigenvalue weighted by Crippen LogP contribution is -2.40. The number of likely N-dealkylation sites (tertiary alicyclic amines) is 1. The van der Waals surface area contributed by atoms with Crippen molar-refractivity contribution in [3.05, 3.63) is 53.6 Å². The molecule has 0 radical (unpaired) electrons. The zero-order valence-corrected chi connectivity index (χ0v) is 14.4. The summed E-state index contributed by atoms with van der Waals surface area (Å²) < 4.78 is 7.26. The summed E-state index contributed by atoms with van der Waals surface area (Å²) in [4.78, 5) is 19.2. The van der Waals surface area contributed by atoms with Gasteiger partial charge in [0, 0.05) is 45.1 Å². The standard InChI is InChI=1S/C19H22N4O2/c1-25-12-11-22-10-8-21-18(22)16-6-4-9-23(14-16)19(24)17-7-3-2-5-15(17)13-20/h2-3,5,7-8,10,16H,4,6,9,11-12,14H2,1H3/t16-/m0/s1. The first-order valence-electron chi connectivity index (χ1n) is 8.53. The molecule has 1 aliphatic heterocycles. The minimum atomic E-state index is -0.0724. The summed E-state index contributed by atoms with van der Waals surface area (Å²) in [5, 5.41) is 9.24. The third kappa shape index (κ3) is 3.72. The lowest BCUT2D eigenvalue weighted by atomic mass is 9.96. The van der Waals surface area contributed by atoms with Crippen molar-refractivity contribution >= 4 is 5.91 Å². The average molecular weight is 338 g/mol. The quantitative estimate of drug-likeness (QED) is 0.839. The highest BCUT2D eigenvalue weighted by atomic mass is 16.5. The Labute approximate surface area is 147 Å². The zero-order chi connectivity index (χ0) is 17.6. The van der Waals surface area contributed by atoms with Crippen molar-refractivity contribution in [1.82, 2.24) is 14.5 Å². The largest absolute Gasteiger partial charge is 0.383 e. The molecule has 1 amide bonds. The van der Waals surface area contributed by atoms with Crippen molar-refractivity contribution in [2.45, 2.75) is 25.3 Å². The zero-order valence-electron chi connectivity index (χ0n) is 14.4. The summed E-state index contributed by atoms with van der Waals surface area (Å²) in [6, 6.07) is 9.10. The Bertz CT molecular complexity index is 778. The Morgan fingerprint density at radius 3 is 3.08 bits per heavy atom. The Balaban J connectivity index is 1.76. The van der Waals surface area contributed by atoms with Gasteiger partial charge < -0.3 is 14.2 Å². The fourth-order valence-corrected chi connectivity index (χ4v) is 3.37. The van der Waals surface area contributed by atoms with E-state index in [4.69, 9.17) is 4.74 Å². The van der Waals surface area contributed by atoms with E-state index in [1.54, 1.807) is 37.6 Å². The second-order valence-electron chi connectivity index (χ2n) is 6.22. The first-order valence-corrected chi connectivity index (χ1v) is 8.53. The molecule has 2 aromatic rings. The molecule has 1 saturated heterocycles. The summed E-state index contributed by atoms with van der Waals surface area (Å²) in [5.41, 5.74) is 0.907. The van der Waals surface area contributed by atoms with Crippen LogP contribution in [0, 0.1) is 11.3 Å². The van der Waals surface area contributed by atoms with Crippen LogP contribution in [0.5, 0.6) is 0 Å². The number of hydrogen-bond acceptors (Lipinski definition) is 4. The van der Waals surface area contributed by atoms with Gasteiger partial charge in [0.15, 0.2) is 0 Å². The smallest absolute Gasteiger partial charge is 0.255 e. The third-order valence-electron chi connectivity index (χ3n) is 4.64. The van der Waals surface area contributed by atoms with Gasteiger partial charge >= 0.3 is 0 Å². The van der Waals surface area contributed by atoms with Crippen LogP contribution >= 0.6 is 0 Å². The van der Waals surface area contributed by atoms with Gasteiger partial charge in [-0.1, -0.05) is 12.1 Å². The minimum Gasteiger partial charge on any atom is -0.383 e. The maximum absolute atomic E-state index is 12.9. The van der Waals surface area contributed by atoms with Crippen molar-refractivity contribution in [2.24, 2.45) is 0 Å². The van der Waals surface area contributed by atoms with Crippen molar-refractivity contribution in [1.29, 1.82) is 5.26 Å². The number of piperidine rings is 1.